The van der Waals surface area contributed by atoms with Gasteiger partial charge in [-0.1, -0.05) is 0 Å². The topological polar surface area (TPSA) is 38.0 Å². The van der Waals surface area contributed by atoms with Crippen molar-refractivity contribution in [2.24, 2.45) is 0 Å². The van der Waals surface area contributed by atoms with Crippen LogP contribution in [-0.4, -0.2) is 21.3 Å². The summed E-state index contributed by atoms with van der Waals surface area (Å²) in [5, 5.41) is 8.88. The summed E-state index contributed by atoms with van der Waals surface area (Å²) in [5.74, 6) is 0. The Hall–Kier alpha value is -1.09. The molecule has 0 aromatic carbocycles. The van der Waals surface area contributed by atoms with Gasteiger partial charge in [0.15, 0.2) is 0 Å². The molecule has 3 heteroatoms. The minimum absolute atomic E-state index is 0.121. The first kappa shape index (κ1) is 8.51. The zero-order valence-electron chi connectivity index (χ0n) is 7.77. The van der Waals surface area contributed by atoms with Crippen LogP contribution in [-0.2, 0) is 0 Å². The molecule has 1 aromatic heterocycles. The second kappa shape index (κ2) is 3.34. The lowest BCUT2D eigenvalue weighted by Crippen LogP contribution is -1.95. The van der Waals surface area contributed by atoms with Gasteiger partial charge in [-0.2, -0.15) is 0 Å². The first-order chi connectivity index (χ1) is 6.31. The Morgan fingerprint density at radius 3 is 3.15 bits per heavy atom. The van der Waals surface area contributed by atoms with E-state index in [0.717, 1.165) is 11.3 Å². The van der Waals surface area contributed by atoms with Gasteiger partial charge in [-0.05, 0) is 31.4 Å². The third-order valence-electron chi connectivity index (χ3n) is 2.28. The molecule has 0 atom stereocenters. The number of hydrogen-bond donors (Lipinski definition) is 1. The van der Waals surface area contributed by atoms with Crippen LogP contribution in [0.4, 0.5) is 0 Å². The molecule has 1 aliphatic rings. The van der Waals surface area contributed by atoms with E-state index in [9.17, 15) is 0 Å². The number of imidazole rings is 1. The lowest BCUT2D eigenvalue weighted by molar-refractivity contribution is 0.332. The number of aliphatic hydroxyl groups is 1. The maximum absolute atomic E-state index is 8.88. The molecule has 13 heavy (non-hydrogen) atoms. The van der Waals surface area contributed by atoms with E-state index in [2.05, 4.69) is 9.55 Å². The smallest absolute Gasteiger partial charge is 0.0953 e. The Morgan fingerprint density at radius 1 is 1.77 bits per heavy atom. The Morgan fingerprint density at radius 2 is 2.54 bits per heavy atom. The molecule has 1 heterocycles. The van der Waals surface area contributed by atoms with E-state index < -0.39 is 0 Å². The van der Waals surface area contributed by atoms with Crippen LogP contribution in [0.2, 0.25) is 0 Å². The van der Waals surface area contributed by atoms with Gasteiger partial charge in [-0.15, -0.1) is 0 Å². The SMILES string of the molecule is C/C(=C\c1cncn1C1CC1)CO. The highest BCUT2D eigenvalue weighted by atomic mass is 16.3. The van der Waals surface area contributed by atoms with E-state index in [4.69, 9.17) is 5.11 Å². The molecule has 70 valence electrons. The van der Waals surface area contributed by atoms with E-state index in [0.29, 0.717) is 6.04 Å². The van der Waals surface area contributed by atoms with E-state index in [1.165, 1.54) is 12.8 Å². The van der Waals surface area contributed by atoms with Crippen LogP contribution in [0.5, 0.6) is 0 Å². The van der Waals surface area contributed by atoms with Gasteiger partial charge in [0.1, 0.15) is 0 Å². The normalized spacial score (nSPS) is 17.8. The molecule has 1 saturated carbocycles. The zero-order chi connectivity index (χ0) is 9.26. The van der Waals surface area contributed by atoms with Crippen LogP contribution in [0, 0.1) is 0 Å². The Kier molecular flexibility index (Phi) is 2.19. The molecule has 0 amide bonds. The van der Waals surface area contributed by atoms with Crippen molar-refractivity contribution >= 4 is 6.08 Å². The molecule has 0 radical (unpaired) electrons. The Labute approximate surface area is 77.7 Å². The van der Waals surface area contributed by atoms with E-state index in [-0.39, 0.29) is 6.61 Å². The lowest BCUT2D eigenvalue weighted by Gasteiger charge is -2.02. The van der Waals surface area contributed by atoms with Crippen LogP contribution in [0.15, 0.2) is 18.1 Å². The summed E-state index contributed by atoms with van der Waals surface area (Å²) in [4.78, 5) is 4.11. The molecule has 1 fully saturated rings. The molecule has 1 aliphatic carbocycles. The fraction of sp³-hybridized carbons (Fsp3) is 0.500. The molecular weight excluding hydrogens is 164 g/mol. The highest BCUT2D eigenvalue weighted by molar-refractivity contribution is 5.48. The summed E-state index contributed by atoms with van der Waals surface area (Å²) in [6.45, 7) is 2.04. The first-order valence-electron chi connectivity index (χ1n) is 4.61. The fourth-order valence-electron chi connectivity index (χ4n) is 1.38. The van der Waals surface area contributed by atoms with Crippen molar-refractivity contribution in [1.82, 2.24) is 9.55 Å². The van der Waals surface area contributed by atoms with Gasteiger partial charge in [0.05, 0.1) is 24.8 Å². The Balaban J connectivity index is 2.23. The molecule has 1 N–H and O–H groups in total. The summed E-state index contributed by atoms with van der Waals surface area (Å²) in [6.07, 6.45) is 8.22. The van der Waals surface area contributed by atoms with Crippen LogP contribution in [0.25, 0.3) is 6.08 Å². The minimum atomic E-state index is 0.121. The summed E-state index contributed by atoms with van der Waals surface area (Å²) in [5.41, 5.74) is 2.08. The average molecular weight is 178 g/mol. The monoisotopic (exact) mass is 178 g/mol. The molecule has 1 aromatic rings. The van der Waals surface area contributed by atoms with Gasteiger partial charge < -0.3 is 9.67 Å². The molecule has 2 rings (SSSR count). The van der Waals surface area contributed by atoms with Crippen molar-refractivity contribution in [1.29, 1.82) is 0 Å². The van der Waals surface area contributed by atoms with Crippen molar-refractivity contribution in [3.05, 3.63) is 23.8 Å². The van der Waals surface area contributed by atoms with Crippen LogP contribution < -0.4 is 0 Å². The van der Waals surface area contributed by atoms with Gasteiger partial charge in [-0.25, -0.2) is 4.98 Å². The van der Waals surface area contributed by atoms with Gasteiger partial charge in [0, 0.05) is 6.04 Å². The van der Waals surface area contributed by atoms with Crippen molar-refractivity contribution in [3.8, 4) is 0 Å². The molecule has 0 spiro atoms. The van der Waals surface area contributed by atoms with E-state index >= 15 is 0 Å². The maximum atomic E-state index is 8.88. The predicted octanol–water partition coefficient (Wildman–Crippen LogP) is 1.61. The second-order valence-electron chi connectivity index (χ2n) is 3.61. The molecule has 0 bridgehead atoms. The fourth-order valence-corrected chi connectivity index (χ4v) is 1.38. The summed E-state index contributed by atoms with van der Waals surface area (Å²) in [7, 11) is 0. The molecule has 0 saturated heterocycles. The van der Waals surface area contributed by atoms with Crippen molar-refractivity contribution in [2.45, 2.75) is 25.8 Å². The van der Waals surface area contributed by atoms with Crippen LogP contribution in [0.1, 0.15) is 31.5 Å². The maximum Gasteiger partial charge on any atom is 0.0953 e. The number of rotatable bonds is 3. The van der Waals surface area contributed by atoms with Crippen LogP contribution in [0.3, 0.4) is 0 Å². The standard InChI is InChI=1S/C10H14N2O/c1-8(6-13)4-10-5-11-7-12(10)9-2-3-9/h4-5,7,9,13H,2-3,6H2,1H3/b8-4+. The van der Waals surface area contributed by atoms with E-state index in [1.54, 1.807) is 0 Å². The van der Waals surface area contributed by atoms with Crippen molar-refractivity contribution in [2.75, 3.05) is 6.61 Å². The molecular formula is C10H14N2O. The lowest BCUT2D eigenvalue weighted by atomic mass is 10.2. The summed E-state index contributed by atoms with van der Waals surface area (Å²) >= 11 is 0. The third kappa shape index (κ3) is 1.80. The first-order valence-corrected chi connectivity index (χ1v) is 4.61. The predicted molar refractivity (Wildman–Crippen MR) is 51.2 cm³/mol. The third-order valence-corrected chi connectivity index (χ3v) is 2.28. The number of nitrogens with zero attached hydrogens (tertiary/aromatic N) is 2. The second-order valence-corrected chi connectivity index (χ2v) is 3.61. The zero-order valence-corrected chi connectivity index (χ0v) is 7.77. The molecule has 0 aliphatic heterocycles. The largest absolute Gasteiger partial charge is 0.392 e. The quantitative estimate of drug-likeness (QED) is 0.763. The highest BCUT2D eigenvalue weighted by Crippen LogP contribution is 2.35. The Bertz CT molecular complexity index is 323. The molecule has 3 nitrogen and oxygen atoms in total. The number of aromatic nitrogens is 2. The van der Waals surface area contributed by atoms with Gasteiger partial charge >= 0.3 is 0 Å². The van der Waals surface area contributed by atoms with Gasteiger partial charge in [0.25, 0.3) is 0 Å². The number of aliphatic hydroxyl groups excluding tert-OH is 1. The number of hydrogen-bond acceptors (Lipinski definition) is 2. The van der Waals surface area contributed by atoms with E-state index in [1.807, 2.05) is 25.5 Å². The summed E-state index contributed by atoms with van der Waals surface area (Å²) < 4.78 is 2.18. The van der Waals surface area contributed by atoms with Gasteiger partial charge in [-0.3, -0.25) is 0 Å². The average Bonchev–Trinajstić information content (AvgIpc) is 2.88. The van der Waals surface area contributed by atoms with Crippen LogP contribution >= 0.6 is 0 Å². The summed E-state index contributed by atoms with van der Waals surface area (Å²) in [6, 6.07) is 0.653. The molecule has 0 unspecified atom stereocenters. The van der Waals surface area contributed by atoms with Crippen molar-refractivity contribution in [3.63, 3.8) is 0 Å². The minimum Gasteiger partial charge on any atom is -0.392 e. The van der Waals surface area contributed by atoms with Gasteiger partial charge in [0.2, 0.25) is 0 Å². The highest BCUT2D eigenvalue weighted by Gasteiger charge is 2.24. The van der Waals surface area contributed by atoms with Crippen molar-refractivity contribution < 1.29 is 5.11 Å².